The molecule has 0 spiro atoms. The molecule has 0 aromatic carbocycles. The zero-order chi connectivity index (χ0) is 9.68. The van der Waals surface area contributed by atoms with E-state index in [1.807, 2.05) is 13.2 Å². The van der Waals surface area contributed by atoms with Crippen LogP contribution in [0, 0.1) is 0 Å². The van der Waals surface area contributed by atoms with Crippen molar-refractivity contribution >= 4 is 17.7 Å². The quantitative estimate of drug-likeness (QED) is 0.704. The van der Waals surface area contributed by atoms with Gasteiger partial charge in [0.05, 0.1) is 5.25 Å². The Morgan fingerprint density at radius 3 is 3.00 bits per heavy atom. The first-order chi connectivity index (χ1) is 6.24. The molecular formula is C9H18N2OS. The lowest BCUT2D eigenvalue weighted by atomic mass is 10.1. The minimum Gasteiger partial charge on any atom is -0.351 e. The van der Waals surface area contributed by atoms with Gasteiger partial charge in [-0.15, -0.1) is 0 Å². The maximum Gasteiger partial charge on any atom is 0.233 e. The minimum atomic E-state index is 0.0712. The van der Waals surface area contributed by atoms with E-state index < -0.39 is 0 Å². The fourth-order valence-electron chi connectivity index (χ4n) is 1.40. The Kier molecular flexibility index (Phi) is 4.59. The van der Waals surface area contributed by atoms with Gasteiger partial charge in [0.25, 0.3) is 0 Å². The molecule has 2 unspecified atom stereocenters. The number of thioether (sulfide) groups is 1. The second-order valence-electron chi connectivity index (χ2n) is 3.43. The molecule has 0 bridgehead atoms. The van der Waals surface area contributed by atoms with Crippen molar-refractivity contribution in [2.45, 2.75) is 31.1 Å². The van der Waals surface area contributed by atoms with Gasteiger partial charge in [-0.1, -0.05) is 0 Å². The summed E-state index contributed by atoms with van der Waals surface area (Å²) >= 11 is 1.59. The van der Waals surface area contributed by atoms with Crippen molar-refractivity contribution in [3.8, 4) is 0 Å². The first-order valence-corrected chi connectivity index (χ1v) is 6.06. The van der Waals surface area contributed by atoms with Gasteiger partial charge < -0.3 is 10.6 Å². The van der Waals surface area contributed by atoms with Gasteiger partial charge in [-0.25, -0.2) is 0 Å². The van der Waals surface area contributed by atoms with Crippen molar-refractivity contribution in [3.05, 3.63) is 0 Å². The Morgan fingerprint density at radius 1 is 1.69 bits per heavy atom. The van der Waals surface area contributed by atoms with Crippen molar-refractivity contribution in [1.82, 2.24) is 10.6 Å². The number of amides is 1. The van der Waals surface area contributed by atoms with Gasteiger partial charge in [-0.05, 0) is 32.6 Å². The van der Waals surface area contributed by atoms with Gasteiger partial charge in [-0.3, -0.25) is 4.79 Å². The van der Waals surface area contributed by atoms with Crippen LogP contribution in [0.2, 0.25) is 0 Å². The highest BCUT2D eigenvalue weighted by atomic mass is 32.2. The smallest absolute Gasteiger partial charge is 0.233 e. The Morgan fingerprint density at radius 2 is 2.46 bits per heavy atom. The summed E-state index contributed by atoms with van der Waals surface area (Å²) in [5.41, 5.74) is 0. The first-order valence-electron chi connectivity index (χ1n) is 4.78. The van der Waals surface area contributed by atoms with Crippen LogP contribution in [0.4, 0.5) is 0 Å². The lowest BCUT2D eigenvalue weighted by Gasteiger charge is -2.24. The Bertz CT molecular complexity index is 169. The summed E-state index contributed by atoms with van der Waals surface area (Å²) in [6.07, 6.45) is 4.24. The molecule has 1 fully saturated rings. The van der Waals surface area contributed by atoms with Gasteiger partial charge in [0, 0.05) is 12.6 Å². The monoisotopic (exact) mass is 202 g/mol. The van der Waals surface area contributed by atoms with Crippen molar-refractivity contribution in [3.63, 3.8) is 0 Å². The maximum atomic E-state index is 11.5. The topological polar surface area (TPSA) is 41.1 Å². The Balaban J connectivity index is 2.26. The largest absolute Gasteiger partial charge is 0.351 e. The van der Waals surface area contributed by atoms with E-state index in [-0.39, 0.29) is 11.2 Å². The number of carbonyl (C=O) groups excluding carboxylic acids is 1. The van der Waals surface area contributed by atoms with E-state index in [1.165, 1.54) is 6.42 Å². The molecule has 4 heteroatoms. The van der Waals surface area contributed by atoms with E-state index in [1.54, 1.807) is 11.8 Å². The predicted molar refractivity (Wildman–Crippen MR) is 57.0 cm³/mol. The molecule has 1 rings (SSSR count). The van der Waals surface area contributed by atoms with Crippen LogP contribution in [0.3, 0.4) is 0 Å². The molecule has 3 nitrogen and oxygen atoms in total. The molecule has 0 saturated carbocycles. The van der Waals surface area contributed by atoms with E-state index in [9.17, 15) is 4.79 Å². The molecule has 0 aliphatic carbocycles. The standard InChI is InChI=1S/C9H18N2OS/c1-7(13-2)9(12)11-8-4-3-5-10-6-8/h7-8,10H,3-6H2,1-2H3,(H,11,12). The maximum absolute atomic E-state index is 11.5. The SMILES string of the molecule is CSC(C)C(=O)NC1CCCNC1. The summed E-state index contributed by atoms with van der Waals surface area (Å²) in [6.45, 7) is 3.95. The van der Waals surface area contributed by atoms with E-state index >= 15 is 0 Å². The minimum absolute atomic E-state index is 0.0712. The third kappa shape index (κ3) is 3.56. The van der Waals surface area contributed by atoms with E-state index in [0.29, 0.717) is 6.04 Å². The first kappa shape index (κ1) is 10.9. The molecule has 76 valence electrons. The average Bonchev–Trinajstić information content (AvgIpc) is 2.18. The molecule has 13 heavy (non-hydrogen) atoms. The molecule has 1 saturated heterocycles. The molecule has 1 amide bonds. The second kappa shape index (κ2) is 5.50. The van der Waals surface area contributed by atoms with Gasteiger partial charge in [0.2, 0.25) is 5.91 Å². The third-order valence-corrected chi connectivity index (χ3v) is 3.29. The average molecular weight is 202 g/mol. The molecule has 1 aliphatic rings. The molecule has 1 aliphatic heterocycles. The lowest BCUT2D eigenvalue weighted by Crippen LogP contribution is -2.47. The summed E-state index contributed by atoms with van der Waals surface area (Å²) in [5.74, 6) is 0.168. The number of hydrogen-bond acceptors (Lipinski definition) is 3. The highest BCUT2D eigenvalue weighted by Crippen LogP contribution is 2.07. The van der Waals surface area contributed by atoms with Crippen LogP contribution in [0.5, 0.6) is 0 Å². The van der Waals surface area contributed by atoms with E-state index in [4.69, 9.17) is 0 Å². The van der Waals surface area contributed by atoms with E-state index in [2.05, 4.69) is 10.6 Å². The fraction of sp³-hybridized carbons (Fsp3) is 0.889. The number of rotatable bonds is 3. The van der Waals surface area contributed by atoms with Gasteiger partial charge in [-0.2, -0.15) is 11.8 Å². The summed E-state index contributed by atoms with van der Waals surface area (Å²) in [4.78, 5) is 11.5. The van der Waals surface area contributed by atoms with Crippen molar-refractivity contribution in [1.29, 1.82) is 0 Å². The van der Waals surface area contributed by atoms with Crippen LogP contribution >= 0.6 is 11.8 Å². The van der Waals surface area contributed by atoms with Gasteiger partial charge in [0.1, 0.15) is 0 Å². The van der Waals surface area contributed by atoms with E-state index in [0.717, 1.165) is 19.5 Å². The Labute approximate surface area is 84.0 Å². The van der Waals surface area contributed by atoms with Crippen LogP contribution in [0.15, 0.2) is 0 Å². The van der Waals surface area contributed by atoms with Gasteiger partial charge >= 0.3 is 0 Å². The molecule has 0 radical (unpaired) electrons. The molecule has 1 heterocycles. The summed E-state index contributed by atoms with van der Waals surface area (Å²) in [7, 11) is 0. The van der Waals surface area contributed by atoms with Crippen LogP contribution in [-0.2, 0) is 4.79 Å². The number of piperidine rings is 1. The molecular weight excluding hydrogens is 184 g/mol. The number of nitrogens with one attached hydrogen (secondary N) is 2. The summed E-state index contributed by atoms with van der Waals surface area (Å²) in [6, 6.07) is 0.343. The van der Waals surface area contributed by atoms with Crippen LogP contribution < -0.4 is 10.6 Å². The number of hydrogen-bond donors (Lipinski definition) is 2. The molecule has 0 aromatic rings. The number of carbonyl (C=O) groups is 1. The van der Waals surface area contributed by atoms with Crippen LogP contribution in [0.25, 0.3) is 0 Å². The highest BCUT2D eigenvalue weighted by Gasteiger charge is 2.18. The molecule has 2 atom stereocenters. The van der Waals surface area contributed by atoms with Crippen molar-refractivity contribution in [2.24, 2.45) is 0 Å². The molecule has 0 aromatic heterocycles. The zero-order valence-electron chi connectivity index (χ0n) is 8.30. The van der Waals surface area contributed by atoms with Crippen molar-refractivity contribution < 1.29 is 4.79 Å². The zero-order valence-corrected chi connectivity index (χ0v) is 9.12. The van der Waals surface area contributed by atoms with Crippen LogP contribution in [0.1, 0.15) is 19.8 Å². The summed E-state index contributed by atoms with van der Waals surface area (Å²) < 4.78 is 0. The molecule has 2 N–H and O–H groups in total. The highest BCUT2D eigenvalue weighted by molar-refractivity contribution is 7.99. The van der Waals surface area contributed by atoms with Gasteiger partial charge in [0.15, 0.2) is 0 Å². The fourth-order valence-corrected chi connectivity index (χ4v) is 1.68. The van der Waals surface area contributed by atoms with Crippen molar-refractivity contribution in [2.75, 3.05) is 19.3 Å². The second-order valence-corrected chi connectivity index (χ2v) is 4.61. The lowest BCUT2D eigenvalue weighted by molar-refractivity contribution is -0.121. The summed E-state index contributed by atoms with van der Waals surface area (Å²) in [5, 5.41) is 6.39. The Hall–Kier alpha value is -0.220. The van der Waals surface area contributed by atoms with Crippen LogP contribution in [-0.4, -0.2) is 36.5 Å². The third-order valence-electron chi connectivity index (χ3n) is 2.37. The normalized spacial score (nSPS) is 25.2. The predicted octanol–water partition coefficient (Wildman–Crippen LogP) is 0.606.